The van der Waals surface area contributed by atoms with Gasteiger partial charge in [-0.05, 0) is 67.8 Å². The lowest BCUT2D eigenvalue weighted by Crippen LogP contribution is -2.53. The van der Waals surface area contributed by atoms with Crippen LogP contribution in [-0.4, -0.2) is 43.8 Å². The minimum atomic E-state index is -4.13. The SMILES string of the molecule is CC(C(=O)NC1CCCCC1)N(Cc1ccc(Br)cc1)C(=O)CN(c1cccc(Cl)c1)S(=O)(=O)c1ccccc1. The summed E-state index contributed by atoms with van der Waals surface area (Å²) in [4.78, 5) is 28.8. The quantitative estimate of drug-likeness (QED) is 0.286. The molecule has 0 saturated heterocycles. The number of halogens is 2. The number of hydrogen-bond acceptors (Lipinski definition) is 4. The topological polar surface area (TPSA) is 86.8 Å². The predicted octanol–water partition coefficient (Wildman–Crippen LogP) is 6.16. The van der Waals surface area contributed by atoms with Crippen LogP contribution < -0.4 is 9.62 Å². The van der Waals surface area contributed by atoms with Gasteiger partial charge in [0.15, 0.2) is 0 Å². The summed E-state index contributed by atoms with van der Waals surface area (Å²) in [5, 5.41) is 3.45. The molecule has 0 aliphatic heterocycles. The Kier molecular flexibility index (Phi) is 10.3. The lowest BCUT2D eigenvalue weighted by molar-refractivity contribution is -0.139. The summed E-state index contributed by atoms with van der Waals surface area (Å²) >= 11 is 9.64. The second-order valence-corrected chi connectivity index (χ2v) is 13.2. The van der Waals surface area contributed by atoms with E-state index in [4.69, 9.17) is 11.6 Å². The Morgan fingerprint density at radius 3 is 2.30 bits per heavy atom. The van der Waals surface area contributed by atoms with Crippen molar-refractivity contribution in [1.82, 2.24) is 10.2 Å². The maximum atomic E-state index is 14.0. The molecule has 3 aromatic rings. The van der Waals surface area contributed by atoms with Crippen molar-refractivity contribution in [1.29, 1.82) is 0 Å². The number of hydrogen-bond donors (Lipinski definition) is 1. The smallest absolute Gasteiger partial charge is 0.264 e. The van der Waals surface area contributed by atoms with Crippen molar-refractivity contribution in [2.24, 2.45) is 0 Å². The van der Waals surface area contributed by atoms with Crippen LogP contribution in [0.2, 0.25) is 5.02 Å². The Morgan fingerprint density at radius 2 is 1.65 bits per heavy atom. The molecule has 212 valence electrons. The van der Waals surface area contributed by atoms with E-state index in [1.807, 2.05) is 24.3 Å². The Hall–Kier alpha value is -2.88. The van der Waals surface area contributed by atoms with Gasteiger partial charge < -0.3 is 10.2 Å². The number of nitrogens with one attached hydrogen (secondary N) is 1. The summed E-state index contributed by atoms with van der Waals surface area (Å²) in [6.45, 7) is 1.32. The van der Waals surface area contributed by atoms with Crippen LogP contribution >= 0.6 is 27.5 Å². The number of rotatable bonds is 10. The van der Waals surface area contributed by atoms with Crippen LogP contribution in [0.1, 0.15) is 44.6 Å². The third-order valence-electron chi connectivity index (χ3n) is 7.09. The second kappa shape index (κ2) is 13.7. The van der Waals surface area contributed by atoms with Crippen LogP contribution in [-0.2, 0) is 26.2 Å². The molecule has 1 aliphatic rings. The van der Waals surface area contributed by atoms with Crippen molar-refractivity contribution in [2.45, 2.75) is 62.6 Å². The van der Waals surface area contributed by atoms with E-state index in [1.54, 1.807) is 43.3 Å². The summed E-state index contributed by atoms with van der Waals surface area (Å²) in [7, 11) is -4.13. The molecular formula is C30H33BrClN3O4S. The number of nitrogens with zero attached hydrogens (tertiary/aromatic N) is 2. The lowest BCUT2D eigenvalue weighted by atomic mass is 9.95. The molecule has 3 aromatic carbocycles. The van der Waals surface area contributed by atoms with Gasteiger partial charge in [0.25, 0.3) is 10.0 Å². The molecule has 2 amide bonds. The third-order valence-corrected chi connectivity index (χ3v) is 9.64. The van der Waals surface area contributed by atoms with Gasteiger partial charge in [-0.3, -0.25) is 13.9 Å². The zero-order chi connectivity index (χ0) is 28.7. The lowest BCUT2D eigenvalue weighted by Gasteiger charge is -2.33. The molecule has 1 saturated carbocycles. The van der Waals surface area contributed by atoms with Gasteiger partial charge in [0, 0.05) is 22.1 Å². The van der Waals surface area contributed by atoms with Crippen molar-refractivity contribution in [3.63, 3.8) is 0 Å². The predicted molar refractivity (Wildman–Crippen MR) is 162 cm³/mol. The zero-order valence-electron chi connectivity index (χ0n) is 22.3. The highest BCUT2D eigenvalue weighted by Crippen LogP contribution is 2.27. The number of sulfonamides is 1. The van der Waals surface area contributed by atoms with E-state index in [0.29, 0.717) is 5.02 Å². The minimum Gasteiger partial charge on any atom is -0.352 e. The molecule has 4 rings (SSSR count). The molecule has 10 heteroatoms. The van der Waals surface area contributed by atoms with Crippen LogP contribution in [0.25, 0.3) is 0 Å². The van der Waals surface area contributed by atoms with Crippen LogP contribution in [0.3, 0.4) is 0 Å². The molecule has 40 heavy (non-hydrogen) atoms. The fourth-order valence-electron chi connectivity index (χ4n) is 4.82. The largest absolute Gasteiger partial charge is 0.352 e. The van der Waals surface area contributed by atoms with Crippen molar-refractivity contribution in [2.75, 3.05) is 10.8 Å². The molecule has 0 bridgehead atoms. The van der Waals surface area contributed by atoms with Crippen LogP contribution in [0, 0.1) is 0 Å². The van der Waals surface area contributed by atoms with Gasteiger partial charge in [-0.2, -0.15) is 0 Å². The van der Waals surface area contributed by atoms with Gasteiger partial charge in [-0.1, -0.05) is 83.2 Å². The Labute approximate surface area is 249 Å². The van der Waals surface area contributed by atoms with Crippen LogP contribution in [0.4, 0.5) is 5.69 Å². The van der Waals surface area contributed by atoms with Crippen molar-refractivity contribution >= 4 is 55.1 Å². The van der Waals surface area contributed by atoms with Crippen molar-refractivity contribution < 1.29 is 18.0 Å². The van der Waals surface area contributed by atoms with Crippen LogP contribution in [0.15, 0.2) is 88.2 Å². The molecule has 0 spiro atoms. The Bertz CT molecular complexity index is 1410. The van der Waals surface area contributed by atoms with E-state index >= 15 is 0 Å². The van der Waals surface area contributed by atoms with E-state index in [1.165, 1.54) is 23.1 Å². The summed E-state index contributed by atoms with van der Waals surface area (Å²) < 4.78 is 29.5. The van der Waals surface area contributed by atoms with Gasteiger partial charge in [0.2, 0.25) is 11.8 Å². The van der Waals surface area contributed by atoms with Gasteiger partial charge >= 0.3 is 0 Å². The van der Waals surface area contributed by atoms with Gasteiger partial charge in [0.05, 0.1) is 10.6 Å². The van der Waals surface area contributed by atoms with Gasteiger partial charge in [-0.15, -0.1) is 0 Å². The fraction of sp³-hybridized carbons (Fsp3) is 0.333. The highest BCUT2D eigenvalue weighted by Gasteiger charge is 2.33. The highest BCUT2D eigenvalue weighted by molar-refractivity contribution is 9.10. The maximum Gasteiger partial charge on any atom is 0.264 e. The fourth-order valence-corrected chi connectivity index (χ4v) is 6.69. The first-order valence-electron chi connectivity index (χ1n) is 13.3. The zero-order valence-corrected chi connectivity index (χ0v) is 25.5. The van der Waals surface area contributed by atoms with E-state index in [9.17, 15) is 18.0 Å². The summed E-state index contributed by atoms with van der Waals surface area (Å²) in [5.41, 5.74) is 1.07. The number of benzene rings is 3. The van der Waals surface area contributed by atoms with Crippen molar-refractivity contribution in [3.8, 4) is 0 Å². The molecule has 1 atom stereocenters. The Balaban J connectivity index is 1.66. The van der Waals surface area contributed by atoms with E-state index in [0.717, 1.165) is 46.4 Å². The summed E-state index contributed by atoms with van der Waals surface area (Å²) in [6.07, 6.45) is 5.11. The first kappa shape index (κ1) is 30.1. The molecule has 0 heterocycles. The summed E-state index contributed by atoms with van der Waals surface area (Å²) in [6, 6.07) is 21.0. The second-order valence-electron chi connectivity index (χ2n) is 9.97. The number of carbonyl (C=O) groups is 2. The Morgan fingerprint density at radius 1 is 0.975 bits per heavy atom. The van der Waals surface area contributed by atoms with E-state index in [-0.39, 0.29) is 29.1 Å². The van der Waals surface area contributed by atoms with Gasteiger partial charge in [-0.25, -0.2) is 8.42 Å². The molecule has 7 nitrogen and oxygen atoms in total. The molecule has 1 N–H and O–H groups in total. The highest BCUT2D eigenvalue weighted by atomic mass is 79.9. The first-order valence-corrected chi connectivity index (χ1v) is 15.9. The molecular weight excluding hydrogens is 614 g/mol. The average Bonchev–Trinajstić information content (AvgIpc) is 2.96. The monoisotopic (exact) mass is 645 g/mol. The van der Waals surface area contributed by atoms with E-state index in [2.05, 4.69) is 21.2 Å². The number of amides is 2. The molecule has 0 aromatic heterocycles. The average molecular weight is 647 g/mol. The van der Waals surface area contributed by atoms with Crippen LogP contribution in [0.5, 0.6) is 0 Å². The summed E-state index contributed by atoms with van der Waals surface area (Å²) in [5.74, 6) is -0.758. The van der Waals surface area contributed by atoms with Gasteiger partial charge in [0.1, 0.15) is 12.6 Å². The molecule has 1 unspecified atom stereocenters. The number of carbonyl (C=O) groups excluding carboxylic acids is 2. The minimum absolute atomic E-state index is 0.0466. The molecule has 1 aliphatic carbocycles. The maximum absolute atomic E-state index is 14.0. The van der Waals surface area contributed by atoms with Crippen molar-refractivity contribution in [3.05, 3.63) is 93.9 Å². The first-order chi connectivity index (χ1) is 19.1. The van der Waals surface area contributed by atoms with E-state index < -0.39 is 28.5 Å². The normalized spacial score (nSPS) is 14.8. The number of anilines is 1. The molecule has 0 radical (unpaired) electrons. The molecule has 1 fully saturated rings. The standard InChI is InChI=1S/C30H33BrClN3O4S/c1-22(30(37)33-26-10-4-2-5-11-26)34(20-23-15-17-24(31)18-16-23)29(36)21-35(27-12-8-9-25(32)19-27)40(38,39)28-13-6-3-7-14-28/h3,6-9,12-19,22,26H,2,4-5,10-11,20-21H2,1H3,(H,33,37). The third kappa shape index (κ3) is 7.65.